The number of imidazole rings is 1. The second kappa shape index (κ2) is 6.90. The summed E-state index contributed by atoms with van der Waals surface area (Å²) in [6, 6.07) is 12.6. The van der Waals surface area contributed by atoms with Crippen molar-refractivity contribution in [2.24, 2.45) is 5.92 Å². The topological polar surface area (TPSA) is 98.2 Å². The quantitative estimate of drug-likeness (QED) is 0.579. The summed E-state index contributed by atoms with van der Waals surface area (Å²) in [6.07, 6.45) is 1.52. The first kappa shape index (κ1) is 16.8. The van der Waals surface area contributed by atoms with Crippen LogP contribution in [0.2, 0.25) is 0 Å². The molecule has 2 aromatic carbocycles. The smallest absolute Gasteiger partial charge is 0.335 e. The molecule has 1 aliphatic rings. The van der Waals surface area contributed by atoms with E-state index >= 15 is 0 Å². The molecule has 0 amide bonds. The second-order valence-corrected chi connectivity index (χ2v) is 6.78. The zero-order valence-electron chi connectivity index (χ0n) is 14.3. The molecule has 0 radical (unpaired) electrons. The highest BCUT2D eigenvalue weighted by atomic mass is 16.4. The van der Waals surface area contributed by atoms with Crippen LogP contribution in [-0.4, -0.2) is 39.2 Å². The highest BCUT2D eigenvalue weighted by molar-refractivity contribution is 5.93. The fourth-order valence-corrected chi connectivity index (χ4v) is 3.55. The third-order valence-electron chi connectivity index (χ3n) is 5.08. The molecule has 26 heavy (non-hydrogen) atoms. The molecule has 6 heteroatoms. The van der Waals surface area contributed by atoms with Crippen LogP contribution in [0, 0.1) is 5.92 Å². The van der Waals surface area contributed by atoms with Gasteiger partial charge in [-0.1, -0.05) is 24.3 Å². The van der Waals surface area contributed by atoms with Crippen LogP contribution in [0.4, 0.5) is 0 Å². The Morgan fingerprint density at radius 1 is 1.12 bits per heavy atom. The summed E-state index contributed by atoms with van der Waals surface area (Å²) in [6.45, 7) is 1.91. The lowest BCUT2D eigenvalue weighted by Crippen LogP contribution is -2.30. The van der Waals surface area contributed by atoms with Crippen molar-refractivity contribution in [2.75, 3.05) is 13.1 Å². The van der Waals surface area contributed by atoms with Crippen LogP contribution in [0.3, 0.4) is 0 Å². The van der Waals surface area contributed by atoms with E-state index in [9.17, 15) is 9.90 Å². The Labute approximate surface area is 150 Å². The molecule has 0 aliphatic carbocycles. The number of aromatic carboxylic acids is 1. The molecule has 0 bridgehead atoms. The van der Waals surface area contributed by atoms with E-state index in [-0.39, 0.29) is 5.56 Å². The number of H-pyrrole nitrogens is 1. The first-order chi connectivity index (χ1) is 12.6. The fourth-order valence-electron chi connectivity index (χ4n) is 3.55. The number of aromatic nitrogens is 2. The third kappa shape index (κ3) is 3.21. The number of aliphatic hydroxyl groups excluding tert-OH is 1. The third-order valence-corrected chi connectivity index (χ3v) is 5.08. The monoisotopic (exact) mass is 351 g/mol. The number of carboxylic acid groups (broad SMARTS) is 1. The standard InChI is InChI=1S/C20H21N3O3/c24-18(13-7-9-21-10-8-13)12-1-3-14(4-2-12)19-22-16-6-5-15(20(25)26)11-17(16)23-19/h1-6,11,13,18,21,24H,7-10H2,(H,22,23)(H,25,26). The summed E-state index contributed by atoms with van der Waals surface area (Å²) in [5, 5.41) is 23.0. The van der Waals surface area contributed by atoms with Gasteiger partial charge < -0.3 is 20.5 Å². The number of carboxylic acids is 1. The summed E-state index contributed by atoms with van der Waals surface area (Å²) < 4.78 is 0. The predicted octanol–water partition coefficient (Wildman–Crippen LogP) is 2.96. The highest BCUT2D eigenvalue weighted by Gasteiger charge is 2.22. The van der Waals surface area contributed by atoms with Gasteiger partial charge in [0.05, 0.1) is 22.7 Å². The molecule has 3 aromatic rings. The summed E-state index contributed by atoms with van der Waals surface area (Å²) >= 11 is 0. The number of hydrogen-bond acceptors (Lipinski definition) is 4. The van der Waals surface area contributed by atoms with E-state index in [0.717, 1.165) is 42.6 Å². The van der Waals surface area contributed by atoms with Crippen molar-refractivity contribution in [3.05, 3.63) is 53.6 Å². The fraction of sp³-hybridized carbons (Fsp3) is 0.300. The van der Waals surface area contributed by atoms with Crippen molar-refractivity contribution in [3.63, 3.8) is 0 Å². The maximum Gasteiger partial charge on any atom is 0.335 e. The van der Waals surface area contributed by atoms with E-state index in [0.29, 0.717) is 17.3 Å². The number of aromatic amines is 1. The Hall–Kier alpha value is -2.70. The van der Waals surface area contributed by atoms with E-state index in [4.69, 9.17) is 5.11 Å². The number of carbonyl (C=O) groups is 1. The van der Waals surface area contributed by atoms with Gasteiger partial charge in [-0.05, 0) is 55.6 Å². The van der Waals surface area contributed by atoms with Gasteiger partial charge >= 0.3 is 5.97 Å². The lowest BCUT2D eigenvalue weighted by Gasteiger charge is -2.27. The zero-order chi connectivity index (χ0) is 18.1. The molecule has 1 saturated heterocycles. The average molecular weight is 351 g/mol. The largest absolute Gasteiger partial charge is 0.478 e. The van der Waals surface area contributed by atoms with Gasteiger partial charge in [-0.15, -0.1) is 0 Å². The summed E-state index contributed by atoms with van der Waals surface area (Å²) in [4.78, 5) is 18.8. The van der Waals surface area contributed by atoms with Gasteiger partial charge in [0, 0.05) is 5.56 Å². The Balaban J connectivity index is 1.58. The molecule has 1 aliphatic heterocycles. The molecule has 1 atom stereocenters. The van der Waals surface area contributed by atoms with Gasteiger partial charge in [0.15, 0.2) is 0 Å². The Morgan fingerprint density at radius 2 is 1.85 bits per heavy atom. The van der Waals surface area contributed by atoms with E-state index < -0.39 is 12.1 Å². The van der Waals surface area contributed by atoms with Crippen molar-refractivity contribution >= 4 is 17.0 Å². The zero-order valence-corrected chi connectivity index (χ0v) is 14.3. The van der Waals surface area contributed by atoms with E-state index in [1.54, 1.807) is 18.2 Å². The maximum atomic E-state index is 11.1. The molecule has 0 saturated carbocycles. The van der Waals surface area contributed by atoms with Gasteiger partial charge in [-0.25, -0.2) is 9.78 Å². The number of nitrogens with one attached hydrogen (secondary N) is 2. The number of fused-ring (bicyclic) bond motifs is 1. The van der Waals surface area contributed by atoms with Gasteiger partial charge in [0.1, 0.15) is 5.82 Å². The van der Waals surface area contributed by atoms with Crippen LogP contribution in [0.25, 0.3) is 22.4 Å². The minimum Gasteiger partial charge on any atom is -0.478 e. The molecule has 1 unspecified atom stereocenters. The maximum absolute atomic E-state index is 11.1. The minimum atomic E-state index is -0.959. The summed E-state index contributed by atoms with van der Waals surface area (Å²) in [7, 11) is 0. The molecule has 4 rings (SSSR count). The van der Waals surface area contributed by atoms with E-state index in [1.807, 2.05) is 24.3 Å². The number of hydrogen-bond donors (Lipinski definition) is 4. The van der Waals surface area contributed by atoms with Crippen molar-refractivity contribution in [1.82, 2.24) is 15.3 Å². The van der Waals surface area contributed by atoms with Gasteiger partial charge in [0.25, 0.3) is 0 Å². The van der Waals surface area contributed by atoms with E-state index in [1.165, 1.54) is 0 Å². The Bertz CT molecular complexity index is 927. The van der Waals surface area contributed by atoms with Crippen LogP contribution >= 0.6 is 0 Å². The number of piperidine rings is 1. The van der Waals surface area contributed by atoms with Crippen LogP contribution in [0.15, 0.2) is 42.5 Å². The van der Waals surface area contributed by atoms with Crippen molar-refractivity contribution < 1.29 is 15.0 Å². The average Bonchev–Trinajstić information content (AvgIpc) is 3.11. The van der Waals surface area contributed by atoms with Crippen LogP contribution in [0.5, 0.6) is 0 Å². The number of aliphatic hydroxyl groups is 1. The Morgan fingerprint density at radius 3 is 2.54 bits per heavy atom. The molecule has 1 fully saturated rings. The molecular formula is C20H21N3O3. The van der Waals surface area contributed by atoms with Gasteiger partial charge in [-0.3, -0.25) is 0 Å². The number of benzene rings is 2. The van der Waals surface area contributed by atoms with Crippen molar-refractivity contribution in [2.45, 2.75) is 18.9 Å². The summed E-state index contributed by atoms with van der Waals surface area (Å²) in [5.74, 6) is 0.0208. The van der Waals surface area contributed by atoms with Crippen molar-refractivity contribution in [3.8, 4) is 11.4 Å². The molecular weight excluding hydrogens is 330 g/mol. The van der Waals surface area contributed by atoms with Gasteiger partial charge in [-0.2, -0.15) is 0 Å². The predicted molar refractivity (Wildman–Crippen MR) is 99.0 cm³/mol. The first-order valence-electron chi connectivity index (χ1n) is 8.84. The van der Waals surface area contributed by atoms with Crippen LogP contribution in [0.1, 0.15) is 34.9 Å². The Kier molecular flexibility index (Phi) is 4.44. The number of rotatable bonds is 4. The van der Waals surface area contributed by atoms with Crippen LogP contribution in [-0.2, 0) is 0 Å². The molecule has 4 N–H and O–H groups in total. The summed E-state index contributed by atoms with van der Waals surface area (Å²) in [5.41, 5.74) is 3.47. The molecule has 6 nitrogen and oxygen atoms in total. The van der Waals surface area contributed by atoms with E-state index in [2.05, 4.69) is 15.3 Å². The molecule has 0 spiro atoms. The number of nitrogens with zero attached hydrogens (tertiary/aromatic N) is 1. The molecule has 1 aromatic heterocycles. The SMILES string of the molecule is O=C(O)c1ccc2nc(-c3ccc(C(O)C4CCNCC4)cc3)[nH]c2c1. The lowest BCUT2D eigenvalue weighted by molar-refractivity contribution is 0.0697. The molecule has 2 heterocycles. The molecule has 134 valence electrons. The van der Waals surface area contributed by atoms with Crippen molar-refractivity contribution in [1.29, 1.82) is 0 Å². The first-order valence-corrected chi connectivity index (χ1v) is 8.84. The lowest BCUT2D eigenvalue weighted by atomic mass is 9.88. The van der Waals surface area contributed by atoms with Crippen LogP contribution < -0.4 is 5.32 Å². The highest BCUT2D eigenvalue weighted by Crippen LogP contribution is 2.30. The second-order valence-electron chi connectivity index (χ2n) is 6.78. The van der Waals surface area contributed by atoms with Gasteiger partial charge in [0.2, 0.25) is 0 Å². The normalized spacial score (nSPS) is 16.7. The minimum absolute atomic E-state index is 0.230.